The molecular weight excluding hydrogens is 272 g/mol. The topological polar surface area (TPSA) is 78.3 Å². The lowest BCUT2D eigenvalue weighted by molar-refractivity contribution is -0.118. The van der Waals surface area contributed by atoms with Crippen molar-refractivity contribution in [3.63, 3.8) is 0 Å². The highest BCUT2D eigenvalue weighted by Crippen LogP contribution is 2.28. The van der Waals surface area contributed by atoms with Crippen molar-refractivity contribution in [3.8, 4) is 5.75 Å². The van der Waals surface area contributed by atoms with Gasteiger partial charge in [-0.1, -0.05) is 6.07 Å². The number of amides is 1. The van der Waals surface area contributed by atoms with Crippen molar-refractivity contribution >= 4 is 21.8 Å². The molecular formula is C11H15BrN2O2. The molecule has 0 aliphatic heterocycles. The smallest absolute Gasteiger partial charge is 0.217 e. The van der Waals surface area contributed by atoms with Crippen molar-refractivity contribution in [1.29, 1.82) is 0 Å². The molecule has 4 nitrogen and oxygen atoms in total. The van der Waals surface area contributed by atoms with Crippen LogP contribution < -0.4 is 16.2 Å². The van der Waals surface area contributed by atoms with Crippen molar-refractivity contribution in [2.45, 2.75) is 18.9 Å². The van der Waals surface area contributed by atoms with E-state index >= 15 is 0 Å². The number of carbonyl (C=O) groups is 1. The van der Waals surface area contributed by atoms with Gasteiger partial charge in [0, 0.05) is 12.5 Å². The van der Waals surface area contributed by atoms with E-state index in [0.717, 1.165) is 15.8 Å². The summed E-state index contributed by atoms with van der Waals surface area (Å²) in [5.74, 6) is 0.425. The number of hydrogen-bond acceptors (Lipinski definition) is 3. The van der Waals surface area contributed by atoms with E-state index in [-0.39, 0.29) is 11.9 Å². The Morgan fingerprint density at radius 3 is 2.75 bits per heavy atom. The Balaban J connectivity index is 2.72. The second kappa shape index (κ2) is 5.86. The van der Waals surface area contributed by atoms with Crippen LogP contribution in [0.2, 0.25) is 0 Å². The molecule has 0 saturated carbocycles. The van der Waals surface area contributed by atoms with Crippen LogP contribution in [-0.4, -0.2) is 13.0 Å². The summed E-state index contributed by atoms with van der Waals surface area (Å²) >= 11 is 3.38. The first-order valence-corrected chi connectivity index (χ1v) is 5.71. The van der Waals surface area contributed by atoms with Crippen LogP contribution in [0.15, 0.2) is 22.7 Å². The summed E-state index contributed by atoms with van der Waals surface area (Å²) in [5, 5.41) is 0. The van der Waals surface area contributed by atoms with Crippen molar-refractivity contribution < 1.29 is 9.53 Å². The normalized spacial score (nSPS) is 12.2. The molecule has 1 rings (SSSR count). The Bertz CT molecular complexity index is 382. The van der Waals surface area contributed by atoms with Gasteiger partial charge >= 0.3 is 0 Å². The van der Waals surface area contributed by atoms with Crippen LogP contribution in [0.25, 0.3) is 0 Å². The third kappa shape index (κ3) is 3.50. The monoisotopic (exact) mass is 286 g/mol. The van der Waals surface area contributed by atoms with E-state index in [0.29, 0.717) is 12.8 Å². The molecule has 0 aliphatic carbocycles. The Hall–Kier alpha value is -1.07. The molecule has 0 aliphatic rings. The summed E-state index contributed by atoms with van der Waals surface area (Å²) in [6.45, 7) is 0. The minimum atomic E-state index is -0.331. The summed E-state index contributed by atoms with van der Waals surface area (Å²) in [4.78, 5) is 10.6. The first-order chi connectivity index (χ1) is 7.54. The summed E-state index contributed by atoms with van der Waals surface area (Å²) < 4.78 is 5.97. The second-order valence-electron chi connectivity index (χ2n) is 3.51. The molecule has 5 heteroatoms. The quantitative estimate of drug-likeness (QED) is 0.865. The first kappa shape index (κ1) is 13.0. The molecule has 4 N–H and O–H groups in total. The van der Waals surface area contributed by atoms with Gasteiger partial charge in [-0.15, -0.1) is 0 Å². The van der Waals surface area contributed by atoms with E-state index < -0.39 is 0 Å². The van der Waals surface area contributed by atoms with Crippen LogP contribution in [0.5, 0.6) is 5.75 Å². The maximum absolute atomic E-state index is 10.6. The Morgan fingerprint density at radius 2 is 2.25 bits per heavy atom. The van der Waals surface area contributed by atoms with Gasteiger partial charge in [0.2, 0.25) is 5.91 Å². The molecule has 0 spiro atoms. The molecule has 88 valence electrons. The molecule has 0 heterocycles. The lowest BCUT2D eigenvalue weighted by Gasteiger charge is -2.12. The molecule has 0 aromatic heterocycles. The van der Waals surface area contributed by atoms with E-state index in [4.69, 9.17) is 16.2 Å². The summed E-state index contributed by atoms with van der Waals surface area (Å²) in [6, 6.07) is 5.43. The molecule has 0 saturated heterocycles. The maximum Gasteiger partial charge on any atom is 0.217 e. The van der Waals surface area contributed by atoms with Crippen molar-refractivity contribution in [2.24, 2.45) is 11.5 Å². The number of nitrogens with two attached hydrogens (primary N) is 2. The second-order valence-corrected chi connectivity index (χ2v) is 4.36. The first-order valence-electron chi connectivity index (χ1n) is 4.92. The largest absolute Gasteiger partial charge is 0.496 e. The van der Waals surface area contributed by atoms with Gasteiger partial charge in [-0.2, -0.15) is 0 Å². The number of carbonyl (C=O) groups excluding carboxylic acids is 1. The van der Waals surface area contributed by atoms with Crippen molar-refractivity contribution in [1.82, 2.24) is 0 Å². The predicted octanol–water partition coefficient (Wildman–Crippen LogP) is 1.72. The summed E-state index contributed by atoms with van der Waals surface area (Å²) in [5.41, 5.74) is 12.0. The fourth-order valence-electron chi connectivity index (χ4n) is 1.38. The van der Waals surface area contributed by atoms with E-state index in [1.54, 1.807) is 7.11 Å². The van der Waals surface area contributed by atoms with Gasteiger partial charge in [-0.25, -0.2) is 0 Å². The number of benzene rings is 1. The number of methoxy groups -OCH3 is 1. The van der Waals surface area contributed by atoms with Crippen molar-refractivity contribution in [2.75, 3.05) is 7.11 Å². The molecule has 1 aromatic rings. The van der Waals surface area contributed by atoms with E-state index in [2.05, 4.69) is 15.9 Å². The highest BCUT2D eigenvalue weighted by atomic mass is 79.9. The van der Waals surface area contributed by atoms with Crippen LogP contribution >= 0.6 is 15.9 Å². The van der Waals surface area contributed by atoms with Crippen LogP contribution in [0.1, 0.15) is 24.4 Å². The van der Waals surface area contributed by atoms with E-state index in [1.165, 1.54) is 0 Å². The van der Waals surface area contributed by atoms with Crippen molar-refractivity contribution in [3.05, 3.63) is 28.2 Å². The maximum atomic E-state index is 10.6. The fourth-order valence-corrected chi connectivity index (χ4v) is 1.94. The number of rotatable bonds is 5. The molecule has 0 radical (unpaired) electrons. The van der Waals surface area contributed by atoms with Crippen LogP contribution in [0, 0.1) is 0 Å². The standard InChI is InChI=1S/C11H15BrN2O2/c1-16-10-4-2-7(6-8(10)12)9(13)3-5-11(14)15/h2,4,6,9H,3,5,13H2,1H3,(H2,14,15). The highest BCUT2D eigenvalue weighted by Gasteiger charge is 2.09. The SMILES string of the molecule is COc1ccc(C(N)CCC(N)=O)cc1Br. The van der Waals surface area contributed by atoms with Crippen LogP contribution in [-0.2, 0) is 4.79 Å². The zero-order chi connectivity index (χ0) is 12.1. The molecule has 1 aromatic carbocycles. The minimum absolute atomic E-state index is 0.185. The third-order valence-electron chi connectivity index (χ3n) is 2.31. The van der Waals surface area contributed by atoms with Gasteiger partial charge in [0.25, 0.3) is 0 Å². The Morgan fingerprint density at radius 1 is 1.56 bits per heavy atom. The van der Waals surface area contributed by atoms with Gasteiger partial charge in [0.15, 0.2) is 0 Å². The average molecular weight is 287 g/mol. The number of primary amides is 1. The van der Waals surface area contributed by atoms with Gasteiger partial charge < -0.3 is 16.2 Å². The number of hydrogen-bond donors (Lipinski definition) is 2. The molecule has 1 atom stereocenters. The molecule has 1 amide bonds. The highest BCUT2D eigenvalue weighted by molar-refractivity contribution is 9.10. The van der Waals surface area contributed by atoms with Crippen LogP contribution in [0.4, 0.5) is 0 Å². The molecule has 1 unspecified atom stereocenters. The van der Waals surface area contributed by atoms with Gasteiger partial charge in [-0.05, 0) is 40.0 Å². The van der Waals surface area contributed by atoms with Gasteiger partial charge in [0.05, 0.1) is 11.6 Å². The minimum Gasteiger partial charge on any atom is -0.496 e. The van der Waals surface area contributed by atoms with Crippen LogP contribution in [0.3, 0.4) is 0 Å². The summed E-state index contributed by atoms with van der Waals surface area (Å²) in [7, 11) is 1.60. The number of halogens is 1. The average Bonchev–Trinajstić information content (AvgIpc) is 2.25. The number of ether oxygens (including phenoxy) is 1. The zero-order valence-corrected chi connectivity index (χ0v) is 10.7. The lowest BCUT2D eigenvalue weighted by Crippen LogP contribution is -2.16. The molecule has 0 bridgehead atoms. The Kier molecular flexibility index (Phi) is 4.76. The van der Waals surface area contributed by atoms with E-state index in [9.17, 15) is 4.79 Å². The lowest BCUT2D eigenvalue weighted by atomic mass is 10.0. The van der Waals surface area contributed by atoms with Gasteiger partial charge in [0.1, 0.15) is 5.75 Å². The summed E-state index contributed by atoms with van der Waals surface area (Å²) in [6.07, 6.45) is 0.846. The molecule has 16 heavy (non-hydrogen) atoms. The van der Waals surface area contributed by atoms with Gasteiger partial charge in [-0.3, -0.25) is 4.79 Å². The zero-order valence-electron chi connectivity index (χ0n) is 9.07. The predicted molar refractivity (Wildman–Crippen MR) is 66.1 cm³/mol. The van der Waals surface area contributed by atoms with E-state index in [1.807, 2.05) is 18.2 Å². The Labute approximate surface area is 103 Å². The third-order valence-corrected chi connectivity index (χ3v) is 2.93. The molecule has 0 fully saturated rings. The fraction of sp³-hybridized carbons (Fsp3) is 0.364.